The van der Waals surface area contributed by atoms with E-state index in [0.29, 0.717) is 76.2 Å². The molecule has 30 heteroatoms. The number of benzene rings is 2. The van der Waals surface area contributed by atoms with Crippen molar-refractivity contribution < 1.29 is 86.0 Å². The Bertz CT molecular complexity index is 2910. The van der Waals surface area contributed by atoms with E-state index in [2.05, 4.69) is 59.7 Å². The highest BCUT2D eigenvalue weighted by atomic mass is 16.5. The number of amides is 12. The SMILES string of the molecule is C=C(NCC(=O)NCOCC(N)=O)[C@H](Cc1ccccc1)NC(=O)CNC(=O)CNC(=O)CCOCCOCCC(CCCOCCOCCC(=O)NCC(=O)NCC(=O)N[C@@H](Cc1ccccc1)C(=O)NCC(C)=O)CCC1CCC(NC(=O)CCCCCN2C(=O)C=CC2=O)CC1. The normalized spacial score (nSPS) is 14.9. The van der Waals surface area contributed by atoms with Gasteiger partial charge in [-0.25, -0.2) is 0 Å². The maximum absolute atomic E-state index is 13.0. The second kappa shape index (κ2) is 49.5. The van der Waals surface area contributed by atoms with Crippen molar-refractivity contribution >= 4 is 76.7 Å². The standard InChI is InChI=1S/C69H102N12O18/c1-49(82)41-76-69(94)57(40-54-15-8-4-9-16-54)80-66(91)46-75-63(88)44-73-59(84)28-33-97-36-35-95-31-12-17-51(19-20-52-21-23-55(24-22-52)78-61(86)18-10-5-11-30-81-67(92)25-26-68(81)93)27-32-96-37-38-98-34-29-60(85)72-43-62(87)74-45-65(90)79-56(39-53-13-6-3-7-14-53)50(2)71-42-64(89)77-48-99-47-58(70)83/h3-4,6-9,13-16,25-26,51-52,55-57,71H,2,5,10-12,17-24,27-48H2,1H3,(H2,70,83)(H,72,85)(H,73,84)(H,74,87)(H,75,88)(H,76,94)(H,77,89)(H,78,86)(H,79,90)(H,80,91)/t51?,52?,55?,56-,57-/m0/s1. The molecule has 1 fully saturated rings. The van der Waals surface area contributed by atoms with Gasteiger partial charge in [0.25, 0.3) is 11.8 Å². The molecule has 0 radical (unpaired) electrons. The first-order valence-electron chi connectivity index (χ1n) is 33.9. The van der Waals surface area contributed by atoms with Crippen molar-refractivity contribution in [3.8, 4) is 0 Å². The lowest BCUT2D eigenvalue weighted by Gasteiger charge is -2.30. The number of hydrogen-bond acceptors (Lipinski definition) is 19. The maximum Gasteiger partial charge on any atom is 0.253 e. The topological polar surface area (TPSA) is 418 Å². The van der Waals surface area contributed by atoms with Crippen LogP contribution < -0.4 is 58.9 Å². The average Bonchev–Trinajstić information content (AvgIpc) is 1.71. The van der Waals surface area contributed by atoms with Crippen LogP contribution >= 0.6 is 0 Å². The number of hydrogen-bond donors (Lipinski definition) is 11. The third-order valence-electron chi connectivity index (χ3n) is 16.0. The van der Waals surface area contributed by atoms with Gasteiger partial charge in [-0.15, -0.1) is 0 Å². The van der Waals surface area contributed by atoms with E-state index in [0.717, 1.165) is 75.3 Å². The molecule has 2 aromatic rings. The maximum atomic E-state index is 13.0. The van der Waals surface area contributed by atoms with Crippen molar-refractivity contribution in [1.29, 1.82) is 0 Å². The summed E-state index contributed by atoms with van der Waals surface area (Å²) < 4.78 is 28.0. The van der Waals surface area contributed by atoms with Crippen LogP contribution in [0.3, 0.4) is 0 Å². The predicted octanol–water partition coefficient (Wildman–Crippen LogP) is -0.136. The monoisotopic (exact) mass is 1390 g/mol. The molecule has 1 saturated carbocycles. The van der Waals surface area contributed by atoms with Gasteiger partial charge in [-0.3, -0.25) is 67.2 Å². The minimum Gasteiger partial charge on any atom is -0.379 e. The fourth-order valence-electron chi connectivity index (χ4n) is 10.6. The first-order valence-corrected chi connectivity index (χ1v) is 33.9. The summed E-state index contributed by atoms with van der Waals surface area (Å²) in [5, 5.41) is 26.4. The van der Waals surface area contributed by atoms with Crippen LogP contribution in [-0.4, -0.2) is 212 Å². The van der Waals surface area contributed by atoms with Crippen molar-refractivity contribution in [3.05, 3.63) is 96.2 Å². The lowest BCUT2D eigenvalue weighted by molar-refractivity contribution is -0.137. The molecule has 0 spiro atoms. The van der Waals surface area contributed by atoms with Gasteiger partial charge in [0.2, 0.25) is 59.1 Å². The summed E-state index contributed by atoms with van der Waals surface area (Å²) >= 11 is 0. The number of carbonyl (C=O) groups is 13. The highest BCUT2D eigenvalue weighted by Gasteiger charge is 2.26. The van der Waals surface area contributed by atoms with Crippen molar-refractivity contribution in [2.45, 2.75) is 134 Å². The van der Waals surface area contributed by atoms with Crippen molar-refractivity contribution in [2.75, 3.05) is 112 Å². The molecule has 546 valence electrons. The lowest BCUT2D eigenvalue weighted by atomic mass is 9.81. The fraction of sp³-hybridized carbons (Fsp3) is 0.580. The largest absolute Gasteiger partial charge is 0.379 e. The molecule has 1 aliphatic heterocycles. The van der Waals surface area contributed by atoms with Crippen LogP contribution in [0.1, 0.15) is 114 Å². The number of rotatable bonds is 54. The van der Waals surface area contributed by atoms with E-state index in [4.69, 9.17) is 29.4 Å². The van der Waals surface area contributed by atoms with Gasteiger partial charge in [-0.2, -0.15) is 0 Å². The molecule has 99 heavy (non-hydrogen) atoms. The second-order valence-corrected chi connectivity index (χ2v) is 24.2. The predicted molar refractivity (Wildman–Crippen MR) is 362 cm³/mol. The minimum atomic E-state index is -0.991. The van der Waals surface area contributed by atoms with E-state index in [-0.39, 0.29) is 115 Å². The number of Topliss-reactive ketones (excluding diaryl/α,β-unsaturated/α-hetero) is 1. The second-order valence-electron chi connectivity index (χ2n) is 24.2. The van der Waals surface area contributed by atoms with Crippen LogP contribution in [0.5, 0.6) is 0 Å². The molecule has 1 unspecified atom stereocenters. The Balaban J connectivity index is 1.10. The Labute approximate surface area is 578 Å². The number of nitrogens with one attached hydrogen (secondary N) is 10. The number of nitrogens with zero attached hydrogens (tertiary/aromatic N) is 1. The van der Waals surface area contributed by atoms with Gasteiger partial charge in [0.05, 0.1) is 85.0 Å². The van der Waals surface area contributed by atoms with Gasteiger partial charge >= 0.3 is 0 Å². The van der Waals surface area contributed by atoms with Gasteiger partial charge in [0.1, 0.15) is 25.2 Å². The Kier molecular flexibility index (Phi) is 41.2. The van der Waals surface area contributed by atoms with Gasteiger partial charge in [0, 0.05) is 69.3 Å². The van der Waals surface area contributed by atoms with Crippen molar-refractivity contribution in [3.63, 3.8) is 0 Å². The van der Waals surface area contributed by atoms with Crippen molar-refractivity contribution in [1.82, 2.24) is 58.1 Å². The van der Waals surface area contributed by atoms with Crippen molar-refractivity contribution in [2.24, 2.45) is 17.6 Å². The highest BCUT2D eigenvalue weighted by molar-refractivity contribution is 6.12. The van der Waals surface area contributed by atoms with Crippen LogP contribution in [0, 0.1) is 11.8 Å². The van der Waals surface area contributed by atoms with Gasteiger partial charge in [-0.05, 0) is 94.1 Å². The Morgan fingerprint density at radius 1 is 0.495 bits per heavy atom. The smallest absolute Gasteiger partial charge is 0.253 e. The molecular formula is C69H102N12O18. The molecule has 4 rings (SSSR count). The zero-order valence-electron chi connectivity index (χ0n) is 56.9. The molecule has 2 aromatic carbocycles. The summed E-state index contributed by atoms with van der Waals surface area (Å²) in [7, 11) is 0. The zero-order valence-corrected chi connectivity index (χ0v) is 56.9. The first kappa shape index (κ1) is 82.5. The van der Waals surface area contributed by atoms with E-state index < -0.39 is 78.3 Å². The Morgan fingerprint density at radius 3 is 1.57 bits per heavy atom. The molecule has 1 aliphatic carbocycles. The molecule has 1 heterocycles. The van der Waals surface area contributed by atoms with Crippen LogP contribution in [0.2, 0.25) is 0 Å². The number of nitrogens with two attached hydrogens (primary N) is 1. The van der Waals surface area contributed by atoms with Gasteiger partial charge in [-0.1, -0.05) is 86.5 Å². The minimum absolute atomic E-state index is 0.0125. The van der Waals surface area contributed by atoms with Crippen LogP contribution in [0.25, 0.3) is 0 Å². The van der Waals surface area contributed by atoms with E-state index in [1.807, 2.05) is 36.4 Å². The molecule has 2 aliphatic rings. The zero-order chi connectivity index (χ0) is 71.8. The molecule has 12 N–H and O–H groups in total. The third kappa shape index (κ3) is 39.3. The summed E-state index contributed by atoms with van der Waals surface area (Å²) in [6.45, 7) is 5.37. The van der Waals surface area contributed by atoms with Crippen LogP contribution in [0.15, 0.2) is 85.1 Å². The molecule has 30 nitrogen and oxygen atoms in total. The van der Waals surface area contributed by atoms with E-state index in [1.54, 1.807) is 24.3 Å². The number of ether oxygens (including phenoxy) is 5. The quantitative estimate of drug-likeness (QED) is 0.0233. The summed E-state index contributed by atoms with van der Waals surface area (Å²) in [6.07, 6.45) is 13.8. The Morgan fingerprint density at radius 2 is 1.00 bits per heavy atom. The number of carbonyl (C=O) groups excluding carboxylic acids is 13. The summed E-state index contributed by atoms with van der Waals surface area (Å²) in [5.41, 5.74) is 7.01. The first-order chi connectivity index (χ1) is 47.7. The van der Waals surface area contributed by atoms with E-state index in [1.165, 1.54) is 24.0 Å². The number of unbranched alkanes of at least 4 members (excludes halogenated alkanes) is 2. The molecule has 0 saturated heterocycles. The van der Waals surface area contributed by atoms with Crippen LogP contribution in [-0.2, 0) is 98.9 Å². The molecule has 3 atom stereocenters. The molecule has 0 aromatic heterocycles. The number of primary amides is 1. The van der Waals surface area contributed by atoms with Gasteiger partial charge in [0.15, 0.2) is 0 Å². The molecule has 0 bridgehead atoms. The summed E-state index contributed by atoms with van der Waals surface area (Å²) in [5.74, 6) is -4.88. The fourth-order valence-corrected chi connectivity index (χ4v) is 10.6. The summed E-state index contributed by atoms with van der Waals surface area (Å²) in [6, 6.07) is 16.7. The molecule has 12 amide bonds. The lowest BCUT2D eigenvalue weighted by Crippen LogP contribution is -2.51. The van der Waals surface area contributed by atoms with E-state index in [9.17, 15) is 62.3 Å². The van der Waals surface area contributed by atoms with E-state index >= 15 is 0 Å². The van der Waals surface area contributed by atoms with Crippen LogP contribution in [0.4, 0.5) is 0 Å². The number of imide groups is 1. The summed E-state index contributed by atoms with van der Waals surface area (Å²) in [4.78, 5) is 160. The van der Waals surface area contributed by atoms with Gasteiger partial charge < -0.3 is 82.6 Å². The molecular weight excluding hydrogens is 1280 g/mol. The number of ketones is 1. The third-order valence-corrected chi connectivity index (χ3v) is 16.0. The highest BCUT2D eigenvalue weighted by Crippen LogP contribution is 2.31. The average molecular weight is 1390 g/mol. The Hall–Kier alpha value is -8.97.